The lowest BCUT2D eigenvalue weighted by molar-refractivity contribution is -0.386. The van der Waals surface area contributed by atoms with Crippen LogP contribution in [0.2, 0.25) is 5.02 Å². The lowest BCUT2D eigenvalue weighted by Gasteiger charge is -2.48. The zero-order chi connectivity index (χ0) is 13.5. The molecule has 1 saturated carbocycles. The Kier molecular flexibility index (Phi) is 3.43. The van der Waals surface area contributed by atoms with Crippen LogP contribution in [0.4, 0.5) is 5.69 Å². The highest BCUT2D eigenvalue weighted by Gasteiger charge is 2.49. The Morgan fingerprint density at radius 2 is 2.17 bits per heavy atom. The molecule has 98 valence electrons. The predicted octanol–water partition coefficient (Wildman–Crippen LogP) is 4.03. The summed E-state index contributed by atoms with van der Waals surface area (Å²) in [6.45, 7) is 3.95. The van der Waals surface area contributed by atoms with Crippen molar-refractivity contribution in [1.82, 2.24) is 0 Å². The van der Waals surface area contributed by atoms with Crippen molar-refractivity contribution in [3.8, 4) is 5.75 Å². The molecule has 1 aliphatic carbocycles. The van der Waals surface area contributed by atoms with Crippen molar-refractivity contribution in [2.45, 2.75) is 31.7 Å². The predicted molar refractivity (Wildman–Crippen MR) is 70.6 cm³/mol. The molecule has 0 bridgehead atoms. The van der Waals surface area contributed by atoms with E-state index in [0.29, 0.717) is 6.42 Å². The molecule has 2 unspecified atom stereocenters. The van der Waals surface area contributed by atoms with E-state index in [-0.39, 0.29) is 33.4 Å². The van der Waals surface area contributed by atoms with Gasteiger partial charge in [0.2, 0.25) is 5.75 Å². The van der Waals surface area contributed by atoms with Gasteiger partial charge in [-0.25, -0.2) is 0 Å². The van der Waals surface area contributed by atoms with Crippen LogP contribution in [0.1, 0.15) is 20.3 Å². The Morgan fingerprint density at radius 3 is 2.67 bits per heavy atom. The summed E-state index contributed by atoms with van der Waals surface area (Å²) in [5.74, 6) is 0.130. The quantitative estimate of drug-likeness (QED) is 0.479. The standard InChI is InChI=1S/C12H13Cl2NO3/c1-12(2)9(14)6-10(12)18-11-7(13)4-3-5-8(11)15(16)17/h3-5,9-10H,6H2,1-2H3. The first kappa shape index (κ1) is 13.4. The van der Waals surface area contributed by atoms with Gasteiger partial charge in [-0.15, -0.1) is 11.6 Å². The van der Waals surface area contributed by atoms with Crippen LogP contribution in [0.25, 0.3) is 0 Å². The fourth-order valence-corrected chi connectivity index (χ4v) is 2.45. The molecule has 0 radical (unpaired) electrons. The monoisotopic (exact) mass is 289 g/mol. The number of halogens is 2. The summed E-state index contributed by atoms with van der Waals surface area (Å²) in [6, 6.07) is 4.49. The minimum atomic E-state index is -0.495. The number of nitrogens with zero attached hydrogens (tertiary/aromatic N) is 1. The second-order valence-electron chi connectivity index (χ2n) is 4.98. The Morgan fingerprint density at radius 1 is 1.50 bits per heavy atom. The smallest absolute Gasteiger partial charge is 0.312 e. The van der Waals surface area contributed by atoms with Gasteiger partial charge in [0.25, 0.3) is 0 Å². The molecule has 2 rings (SSSR count). The molecular formula is C12H13Cl2NO3. The van der Waals surface area contributed by atoms with Crippen molar-refractivity contribution in [2.24, 2.45) is 5.41 Å². The normalized spacial score (nSPS) is 25.3. The van der Waals surface area contributed by atoms with E-state index in [9.17, 15) is 10.1 Å². The summed E-state index contributed by atoms with van der Waals surface area (Å²) >= 11 is 12.1. The topological polar surface area (TPSA) is 52.4 Å². The van der Waals surface area contributed by atoms with Gasteiger partial charge in [-0.05, 0) is 6.07 Å². The fraction of sp³-hybridized carbons (Fsp3) is 0.500. The minimum absolute atomic E-state index is 0.0176. The van der Waals surface area contributed by atoms with Crippen LogP contribution in [0.3, 0.4) is 0 Å². The van der Waals surface area contributed by atoms with E-state index in [2.05, 4.69) is 0 Å². The number of hydrogen-bond donors (Lipinski definition) is 0. The zero-order valence-corrected chi connectivity index (χ0v) is 11.5. The number of para-hydroxylation sites is 1. The van der Waals surface area contributed by atoms with Crippen molar-refractivity contribution in [2.75, 3.05) is 0 Å². The van der Waals surface area contributed by atoms with Crippen molar-refractivity contribution in [3.05, 3.63) is 33.3 Å². The van der Waals surface area contributed by atoms with Gasteiger partial charge in [0.05, 0.1) is 9.95 Å². The van der Waals surface area contributed by atoms with Crippen molar-refractivity contribution < 1.29 is 9.66 Å². The summed E-state index contributed by atoms with van der Waals surface area (Å²) < 4.78 is 5.70. The number of hydrogen-bond acceptors (Lipinski definition) is 3. The SMILES string of the molecule is CC1(C)C(Cl)CC1Oc1c(Cl)cccc1[N+](=O)[O-]. The lowest BCUT2D eigenvalue weighted by atomic mass is 9.68. The highest BCUT2D eigenvalue weighted by atomic mass is 35.5. The number of alkyl halides is 1. The van der Waals surface area contributed by atoms with Crippen LogP contribution in [-0.4, -0.2) is 16.4 Å². The van der Waals surface area contributed by atoms with Gasteiger partial charge in [0.1, 0.15) is 6.10 Å². The van der Waals surface area contributed by atoms with Crippen LogP contribution >= 0.6 is 23.2 Å². The molecule has 18 heavy (non-hydrogen) atoms. The van der Waals surface area contributed by atoms with Crippen LogP contribution in [0.5, 0.6) is 5.75 Å². The van der Waals surface area contributed by atoms with Gasteiger partial charge in [-0.3, -0.25) is 10.1 Å². The second kappa shape index (κ2) is 4.59. The molecule has 1 aliphatic rings. The van der Waals surface area contributed by atoms with Crippen LogP contribution in [0, 0.1) is 15.5 Å². The first-order valence-corrected chi connectivity index (χ1v) is 6.39. The highest BCUT2D eigenvalue weighted by molar-refractivity contribution is 6.32. The molecule has 1 fully saturated rings. The Labute approximate surface area is 115 Å². The van der Waals surface area contributed by atoms with E-state index in [1.165, 1.54) is 12.1 Å². The van der Waals surface area contributed by atoms with E-state index in [4.69, 9.17) is 27.9 Å². The molecule has 0 saturated heterocycles. The number of rotatable bonds is 3. The van der Waals surface area contributed by atoms with Crippen molar-refractivity contribution in [3.63, 3.8) is 0 Å². The van der Waals surface area contributed by atoms with E-state index in [0.717, 1.165) is 0 Å². The van der Waals surface area contributed by atoms with Gasteiger partial charge in [-0.2, -0.15) is 0 Å². The van der Waals surface area contributed by atoms with Crippen molar-refractivity contribution >= 4 is 28.9 Å². The van der Waals surface area contributed by atoms with E-state index < -0.39 is 4.92 Å². The average Bonchev–Trinajstić information content (AvgIpc) is 2.30. The molecule has 0 aliphatic heterocycles. The second-order valence-corrected chi connectivity index (χ2v) is 5.91. The Balaban J connectivity index is 2.27. The molecule has 1 aromatic carbocycles. The van der Waals surface area contributed by atoms with Crippen LogP contribution in [-0.2, 0) is 0 Å². The molecule has 0 N–H and O–H groups in total. The molecule has 0 spiro atoms. The average molecular weight is 290 g/mol. The van der Waals surface area contributed by atoms with E-state index >= 15 is 0 Å². The summed E-state index contributed by atoms with van der Waals surface area (Å²) in [4.78, 5) is 10.4. The summed E-state index contributed by atoms with van der Waals surface area (Å²) in [5, 5.41) is 11.2. The van der Waals surface area contributed by atoms with Gasteiger partial charge < -0.3 is 4.74 Å². The van der Waals surface area contributed by atoms with Gasteiger partial charge in [0, 0.05) is 23.3 Å². The molecule has 0 heterocycles. The summed E-state index contributed by atoms with van der Waals surface area (Å²) in [7, 11) is 0. The van der Waals surface area contributed by atoms with Crippen molar-refractivity contribution in [1.29, 1.82) is 0 Å². The van der Waals surface area contributed by atoms with Gasteiger partial charge >= 0.3 is 5.69 Å². The summed E-state index contributed by atoms with van der Waals surface area (Å²) in [6.07, 6.45) is 0.510. The first-order valence-electron chi connectivity index (χ1n) is 5.57. The Hall–Kier alpha value is -1.00. The molecule has 6 heteroatoms. The largest absolute Gasteiger partial charge is 0.482 e. The molecule has 1 aromatic rings. The number of benzene rings is 1. The molecule has 2 atom stereocenters. The molecular weight excluding hydrogens is 277 g/mol. The number of ether oxygens (including phenoxy) is 1. The summed E-state index contributed by atoms with van der Waals surface area (Å²) in [5.41, 5.74) is -0.328. The number of nitro benzene ring substituents is 1. The highest BCUT2D eigenvalue weighted by Crippen LogP contribution is 2.48. The Bertz CT molecular complexity index is 490. The molecule has 0 aromatic heterocycles. The van der Waals surface area contributed by atoms with Crippen LogP contribution in [0.15, 0.2) is 18.2 Å². The maximum Gasteiger partial charge on any atom is 0.312 e. The number of nitro groups is 1. The third-order valence-electron chi connectivity index (χ3n) is 3.46. The van der Waals surface area contributed by atoms with E-state index in [1.807, 2.05) is 13.8 Å². The minimum Gasteiger partial charge on any atom is -0.482 e. The maximum absolute atomic E-state index is 10.9. The maximum atomic E-state index is 10.9. The first-order chi connectivity index (χ1) is 8.34. The van der Waals surface area contributed by atoms with Gasteiger partial charge in [-0.1, -0.05) is 31.5 Å². The molecule has 4 nitrogen and oxygen atoms in total. The van der Waals surface area contributed by atoms with E-state index in [1.54, 1.807) is 6.07 Å². The lowest BCUT2D eigenvalue weighted by Crippen LogP contribution is -2.53. The third-order valence-corrected chi connectivity index (χ3v) is 4.50. The van der Waals surface area contributed by atoms with Crippen LogP contribution < -0.4 is 4.74 Å². The third kappa shape index (κ3) is 2.15. The zero-order valence-electron chi connectivity index (χ0n) is 10.0. The molecule has 0 amide bonds. The fourth-order valence-electron chi connectivity index (χ4n) is 1.94. The van der Waals surface area contributed by atoms with Gasteiger partial charge in [0.15, 0.2) is 0 Å².